The average Bonchev–Trinajstić information content (AvgIpc) is 3.15. The molecule has 1 amide bonds. The Morgan fingerprint density at radius 1 is 1.15 bits per heavy atom. The van der Waals surface area contributed by atoms with Gasteiger partial charge in [-0.1, -0.05) is 0 Å². The summed E-state index contributed by atoms with van der Waals surface area (Å²) < 4.78 is 3.40. The number of aromatic nitrogens is 6. The predicted octanol–water partition coefficient (Wildman–Crippen LogP) is 1.16. The van der Waals surface area contributed by atoms with Gasteiger partial charge in [-0.15, -0.1) is 0 Å². The molecule has 0 saturated heterocycles. The van der Waals surface area contributed by atoms with Crippen LogP contribution in [0.1, 0.15) is 27.4 Å². The molecule has 0 aliphatic heterocycles. The highest BCUT2D eigenvalue weighted by atomic mass is 16.1. The topological polar surface area (TPSA) is 103 Å². The fraction of sp³-hybridized carbons (Fsp3) is 0.353. The first-order valence-corrected chi connectivity index (χ1v) is 8.32. The van der Waals surface area contributed by atoms with Gasteiger partial charge in [-0.3, -0.25) is 9.48 Å². The van der Waals surface area contributed by atoms with E-state index in [1.165, 1.54) is 6.33 Å². The van der Waals surface area contributed by atoms with Crippen LogP contribution in [0.4, 0.5) is 5.82 Å². The van der Waals surface area contributed by atoms with Gasteiger partial charge in [0, 0.05) is 38.1 Å². The van der Waals surface area contributed by atoms with E-state index in [0.717, 1.165) is 17.1 Å². The zero-order chi connectivity index (χ0) is 18.7. The van der Waals surface area contributed by atoms with Crippen molar-refractivity contribution in [3.05, 3.63) is 47.3 Å². The number of aryl methyl sites for hydroxylation is 3. The Morgan fingerprint density at radius 2 is 1.96 bits per heavy atom. The first-order chi connectivity index (χ1) is 12.5. The number of rotatable bonds is 6. The minimum absolute atomic E-state index is 0.120. The molecule has 0 spiro atoms. The van der Waals surface area contributed by atoms with Crippen molar-refractivity contribution in [1.29, 1.82) is 0 Å². The summed E-state index contributed by atoms with van der Waals surface area (Å²) in [6, 6.07) is 3.72. The van der Waals surface area contributed by atoms with Crippen molar-refractivity contribution < 1.29 is 4.79 Å². The standard InChI is InChI=1S/C17H22N8O/c1-11-5-8-25(22-11)15-9-14(20-10-21-15)18-6-7-19-17(26)16-12(2)23-24(4)13(16)3/h5,8-10H,6-7H2,1-4H3,(H,19,26)(H,18,20,21). The Morgan fingerprint density at radius 3 is 2.62 bits per heavy atom. The van der Waals surface area contributed by atoms with Crippen molar-refractivity contribution in [2.45, 2.75) is 20.8 Å². The van der Waals surface area contributed by atoms with E-state index in [4.69, 9.17) is 0 Å². The fourth-order valence-electron chi connectivity index (χ4n) is 2.67. The van der Waals surface area contributed by atoms with Gasteiger partial charge in [0.1, 0.15) is 12.1 Å². The third-order valence-corrected chi connectivity index (χ3v) is 4.06. The molecule has 0 radical (unpaired) electrons. The van der Waals surface area contributed by atoms with Gasteiger partial charge in [0.05, 0.1) is 17.0 Å². The Bertz CT molecular complexity index is 927. The van der Waals surface area contributed by atoms with E-state index in [2.05, 4.69) is 30.8 Å². The SMILES string of the molecule is Cc1ccn(-c2cc(NCCNC(=O)c3c(C)nn(C)c3C)ncn2)n1. The largest absolute Gasteiger partial charge is 0.368 e. The molecule has 0 atom stereocenters. The Labute approximate surface area is 151 Å². The number of hydrogen-bond donors (Lipinski definition) is 2. The second-order valence-electron chi connectivity index (χ2n) is 6.02. The molecule has 0 fully saturated rings. The summed E-state index contributed by atoms with van der Waals surface area (Å²) in [7, 11) is 1.83. The number of carbonyl (C=O) groups excluding carboxylic acids is 1. The summed E-state index contributed by atoms with van der Waals surface area (Å²) >= 11 is 0. The van der Waals surface area contributed by atoms with Crippen LogP contribution < -0.4 is 10.6 Å². The lowest BCUT2D eigenvalue weighted by molar-refractivity contribution is 0.0954. The van der Waals surface area contributed by atoms with Gasteiger partial charge in [0.25, 0.3) is 5.91 Å². The average molecular weight is 354 g/mol. The number of nitrogens with one attached hydrogen (secondary N) is 2. The van der Waals surface area contributed by atoms with E-state index in [0.29, 0.717) is 30.3 Å². The van der Waals surface area contributed by atoms with Gasteiger partial charge in [0.15, 0.2) is 5.82 Å². The lowest BCUT2D eigenvalue weighted by atomic mass is 10.2. The zero-order valence-electron chi connectivity index (χ0n) is 15.3. The Balaban J connectivity index is 1.55. The van der Waals surface area contributed by atoms with Crippen molar-refractivity contribution >= 4 is 11.7 Å². The van der Waals surface area contributed by atoms with Crippen LogP contribution in [0.5, 0.6) is 0 Å². The van der Waals surface area contributed by atoms with Crippen molar-refractivity contribution in [3.63, 3.8) is 0 Å². The lowest BCUT2D eigenvalue weighted by Crippen LogP contribution is -2.29. The molecular formula is C17H22N8O. The van der Waals surface area contributed by atoms with E-state index >= 15 is 0 Å². The summed E-state index contributed by atoms with van der Waals surface area (Å²) in [5, 5.41) is 14.7. The molecule has 3 heterocycles. The minimum atomic E-state index is -0.120. The van der Waals surface area contributed by atoms with Gasteiger partial charge in [0.2, 0.25) is 0 Å². The molecule has 3 aromatic heterocycles. The molecule has 0 unspecified atom stereocenters. The molecule has 0 bridgehead atoms. The van der Waals surface area contributed by atoms with E-state index in [9.17, 15) is 4.79 Å². The van der Waals surface area contributed by atoms with Crippen LogP contribution in [0.15, 0.2) is 24.7 Å². The number of carbonyl (C=O) groups is 1. The van der Waals surface area contributed by atoms with Gasteiger partial charge in [-0.2, -0.15) is 10.2 Å². The monoisotopic (exact) mass is 354 g/mol. The molecule has 0 aliphatic carbocycles. The van der Waals surface area contributed by atoms with Gasteiger partial charge in [-0.25, -0.2) is 14.6 Å². The highest BCUT2D eigenvalue weighted by Crippen LogP contribution is 2.11. The first-order valence-electron chi connectivity index (χ1n) is 8.32. The maximum absolute atomic E-state index is 12.3. The molecule has 9 nitrogen and oxygen atoms in total. The Kier molecular flexibility index (Phi) is 4.97. The second kappa shape index (κ2) is 7.34. The molecule has 26 heavy (non-hydrogen) atoms. The molecule has 0 aliphatic rings. The second-order valence-corrected chi connectivity index (χ2v) is 6.02. The van der Waals surface area contributed by atoms with Crippen LogP contribution >= 0.6 is 0 Å². The number of nitrogens with zero attached hydrogens (tertiary/aromatic N) is 6. The van der Waals surface area contributed by atoms with Crippen LogP contribution in [0.2, 0.25) is 0 Å². The van der Waals surface area contributed by atoms with Gasteiger partial charge in [-0.05, 0) is 26.8 Å². The zero-order valence-corrected chi connectivity index (χ0v) is 15.3. The summed E-state index contributed by atoms with van der Waals surface area (Å²) in [6.45, 7) is 6.64. The third kappa shape index (κ3) is 3.71. The fourth-order valence-corrected chi connectivity index (χ4v) is 2.67. The summed E-state index contributed by atoms with van der Waals surface area (Å²) in [5.74, 6) is 1.23. The van der Waals surface area contributed by atoms with Crippen LogP contribution in [-0.4, -0.2) is 48.5 Å². The summed E-state index contributed by atoms with van der Waals surface area (Å²) in [6.07, 6.45) is 3.33. The van der Waals surface area contributed by atoms with Crippen LogP contribution in [0.3, 0.4) is 0 Å². The maximum Gasteiger partial charge on any atom is 0.255 e. The molecule has 2 N–H and O–H groups in total. The molecule has 0 saturated carbocycles. The Hall–Kier alpha value is -3.23. The van der Waals surface area contributed by atoms with Crippen molar-refractivity contribution in [1.82, 2.24) is 34.8 Å². The summed E-state index contributed by atoms with van der Waals surface area (Å²) in [4.78, 5) is 20.7. The third-order valence-electron chi connectivity index (χ3n) is 4.06. The molecule has 3 rings (SSSR count). The molecule has 0 aromatic carbocycles. The van der Waals surface area contributed by atoms with E-state index in [1.807, 2.05) is 46.1 Å². The number of anilines is 1. The quantitative estimate of drug-likeness (QED) is 0.644. The number of hydrogen-bond acceptors (Lipinski definition) is 6. The smallest absolute Gasteiger partial charge is 0.255 e. The molecular weight excluding hydrogens is 332 g/mol. The normalized spacial score (nSPS) is 10.8. The highest BCUT2D eigenvalue weighted by Gasteiger charge is 2.16. The van der Waals surface area contributed by atoms with Crippen molar-refractivity contribution in [2.24, 2.45) is 7.05 Å². The van der Waals surface area contributed by atoms with Crippen LogP contribution in [0.25, 0.3) is 5.82 Å². The van der Waals surface area contributed by atoms with Crippen molar-refractivity contribution in [3.8, 4) is 5.82 Å². The number of amides is 1. The van der Waals surface area contributed by atoms with Crippen LogP contribution in [-0.2, 0) is 7.05 Å². The molecule has 9 heteroatoms. The van der Waals surface area contributed by atoms with Gasteiger partial charge < -0.3 is 10.6 Å². The van der Waals surface area contributed by atoms with Crippen LogP contribution in [0, 0.1) is 20.8 Å². The lowest BCUT2D eigenvalue weighted by Gasteiger charge is -2.08. The minimum Gasteiger partial charge on any atom is -0.368 e. The van der Waals surface area contributed by atoms with E-state index < -0.39 is 0 Å². The van der Waals surface area contributed by atoms with E-state index in [-0.39, 0.29) is 5.91 Å². The maximum atomic E-state index is 12.3. The predicted molar refractivity (Wildman–Crippen MR) is 97.4 cm³/mol. The molecule has 136 valence electrons. The van der Waals surface area contributed by atoms with Crippen molar-refractivity contribution in [2.75, 3.05) is 18.4 Å². The first kappa shape index (κ1) is 17.6. The highest BCUT2D eigenvalue weighted by molar-refractivity contribution is 5.96. The summed E-state index contributed by atoms with van der Waals surface area (Å²) in [5.41, 5.74) is 3.13. The van der Waals surface area contributed by atoms with Gasteiger partial charge >= 0.3 is 0 Å². The molecule has 3 aromatic rings. The van der Waals surface area contributed by atoms with E-state index in [1.54, 1.807) is 9.36 Å².